The third kappa shape index (κ3) is 9.04. The molecule has 0 aromatic carbocycles. The number of aliphatic carboxylic acids is 1. The van der Waals surface area contributed by atoms with Gasteiger partial charge < -0.3 is 37.5 Å². The van der Waals surface area contributed by atoms with E-state index in [-0.39, 0.29) is 25.0 Å². The molecule has 9 N–H and O–H groups in total. The molecule has 0 spiro atoms. The van der Waals surface area contributed by atoms with E-state index in [1.807, 2.05) is 0 Å². The minimum atomic E-state index is -1.31. The van der Waals surface area contributed by atoms with Crippen molar-refractivity contribution in [3.63, 3.8) is 0 Å². The molecule has 4 unspecified atom stereocenters. The average Bonchev–Trinajstić information content (AvgIpc) is 3.21. The maximum atomic E-state index is 12.5. The van der Waals surface area contributed by atoms with Crippen LogP contribution in [0.3, 0.4) is 0 Å². The van der Waals surface area contributed by atoms with Crippen molar-refractivity contribution in [2.75, 3.05) is 5.75 Å². The second kappa shape index (κ2) is 12.5. The number of rotatable bonds is 13. The molecule has 4 atom stereocenters. The number of nitrogens with two attached hydrogens (primary N) is 2. The van der Waals surface area contributed by atoms with Crippen LogP contribution in [0.15, 0.2) is 12.5 Å². The van der Waals surface area contributed by atoms with Crippen molar-refractivity contribution in [1.82, 2.24) is 25.9 Å². The number of carbonyl (C=O) groups excluding carboxylic acids is 4. The van der Waals surface area contributed by atoms with Crippen LogP contribution in [0.2, 0.25) is 0 Å². The van der Waals surface area contributed by atoms with Gasteiger partial charge in [0.05, 0.1) is 12.4 Å². The van der Waals surface area contributed by atoms with Crippen LogP contribution in [0, 0.1) is 0 Å². The molecule has 1 aromatic rings. The van der Waals surface area contributed by atoms with Crippen LogP contribution in [0.5, 0.6) is 0 Å². The lowest BCUT2D eigenvalue weighted by atomic mass is 10.1. The zero-order valence-corrected chi connectivity index (χ0v) is 17.7. The minimum Gasteiger partial charge on any atom is -0.480 e. The molecule has 0 aliphatic carbocycles. The van der Waals surface area contributed by atoms with Crippen molar-refractivity contribution in [3.05, 3.63) is 18.2 Å². The summed E-state index contributed by atoms with van der Waals surface area (Å²) in [6.45, 7) is 1.38. The van der Waals surface area contributed by atoms with Crippen molar-refractivity contribution in [1.29, 1.82) is 0 Å². The van der Waals surface area contributed by atoms with Gasteiger partial charge in [-0.1, -0.05) is 0 Å². The van der Waals surface area contributed by atoms with Gasteiger partial charge in [-0.3, -0.25) is 19.2 Å². The number of aromatic amines is 1. The lowest BCUT2D eigenvalue weighted by molar-refractivity contribution is -0.141. The normalized spacial score (nSPS) is 14.5. The van der Waals surface area contributed by atoms with Crippen molar-refractivity contribution in [3.8, 4) is 0 Å². The Labute approximate surface area is 183 Å². The molecular weight excluding hydrogens is 430 g/mol. The van der Waals surface area contributed by atoms with E-state index in [0.717, 1.165) is 0 Å². The molecule has 172 valence electrons. The number of thiol groups is 1. The highest BCUT2D eigenvalue weighted by molar-refractivity contribution is 7.80. The highest BCUT2D eigenvalue weighted by Gasteiger charge is 2.28. The monoisotopic (exact) mass is 457 g/mol. The first-order valence-corrected chi connectivity index (χ1v) is 9.94. The molecular formula is C17H27N7O6S. The molecule has 4 amide bonds. The number of H-pyrrole nitrogens is 1. The zero-order valence-electron chi connectivity index (χ0n) is 16.8. The SMILES string of the molecule is CC(NC(=O)C(N)Cc1cnc[nH]1)C(=O)NC(CCC(N)=O)C(=O)NC(CS)C(=O)O. The molecule has 14 heteroatoms. The molecule has 0 radical (unpaired) electrons. The number of carboxylic acid groups (broad SMARTS) is 1. The molecule has 1 aromatic heterocycles. The van der Waals surface area contributed by atoms with E-state index >= 15 is 0 Å². The van der Waals surface area contributed by atoms with Crippen LogP contribution in [0.1, 0.15) is 25.5 Å². The average molecular weight is 458 g/mol. The van der Waals surface area contributed by atoms with E-state index in [1.165, 1.54) is 19.4 Å². The lowest BCUT2D eigenvalue weighted by Gasteiger charge is -2.23. The smallest absolute Gasteiger partial charge is 0.327 e. The third-order valence-electron chi connectivity index (χ3n) is 4.19. The number of carboxylic acids is 1. The molecule has 0 saturated carbocycles. The fourth-order valence-corrected chi connectivity index (χ4v) is 2.67. The van der Waals surface area contributed by atoms with Crippen LogP contribution in [-0.2, 0) is 30.4 Å². The van der Waals surface area contributed by atoms with Crippen LogP contribution < -0.4 is 27.4 Å². The molecule has 31 heavy (non-hydrogen) atoms. The Morgan fingerprint density at radius 1 is 1.13 bits per heavy atom. The van der Waals surface area contributed by atoms with Crippen LogP contribution in [0.4, 0.5) is 0 Å². The topological polar surface area (TPSA) is 222 Å². The summed E-state index contributed by atoms with van der Waals surface area (Å²) >= 11 is 3.85. The predicted octanol–water partition coefficient (Wildman–Crippen LogP) is -2.97. The van der Waals surface area contributed by atoms with Crippen LogP contribution in [0.25, 0.3) is 0 Å². The third-order valence-corrected chi connectivity index (χ3v) is 4.56. The maximum absolute atomic E-state index is 12.5. The molecule has 0 aliphatic heterocycles. The van der Waals surface area contributed by atoms with Gasteiger partial charge in [-0.05, 0) is 13.3 Å². The van der Waals surface area contributed by atoms with Gasteiger partial charge in [0.1, 0.15) is 18.1 Å². The van der Waals surface area contributed by atoms with Crippen LogP contribution >= 0.6 is 12.6 Å². The molecule has 0 saturated heterocycles. The quantitative estimate of drug-likeness (QED) is 0.142. The van der Waals surface area contributed by atoms with Gasteiger partial charge in [-0.2, -0.15) is 12.6 Å². The summed E-state index contributed by atoms with van der Waals surface area (Å²) in [7, 11) is 0. The van der Waals surface area contributed by atoms with E-state index in [0.29, 0.717) is 5.69 Å². The Kier molecular flexibility index (Phi) is 10.5. The number of primary amides is 1. The molecule has 0 aliphatic rings. The number of hydrogen-bond donors (Lipinski definition) is 8. The lowest BCUT2D eigenvalue weighted by Crippen LogP contribution is -2.56. The Balaban J connectivity index is 2.72. The van der Waals surface area contributed by atoms with Crippen molar-refractivity contribution >= 4 is 42.2 Å². The summed E-state index contributed by atoms with van der Waals surface area (Å²) in [6, 6.07) is -4.55. The van der Waals surface area contributed by atoms with Gasteiger partial charge in [0.2, 0.25) is 23.6 Å². The van der Waals surface area contributed by atoms with Gasteiger partial charge in [-0.15, -0.1) is 0 Å². The molecule has 0 fully saturated rings. The second-order valence-corrected chi connectivity index (χ2v) is 7.13. The number of hydrogen-bond acceptors (Lipinski definition) is 8. The first kappa shape index (κ1) is 25.9. The van der Waals surface area contributed by atoms with Crippen LogP contribution in [-0.4, -0.2) is 74.6 Å². The highest BCUT2D eigenvalue weighted by Crippen LogP contribution is 2.02. The molecule has 1 heterocycles. The molecule has 13 nitrogen and oxygen atoms in total. The number of imidazole rings is 1. The summed E-state index contributed by atoms with van der Waals surface area (Å²) in [5.74, 6) is -4.36. The largest absolute Gasteiger partial charge is 0.480 e. The first-order chi connectivity index (χ1) is 14.5. The summed E-state index contributed by atoms with van der Waals surface area (Å²) in [6.07, 6.45) is 2.74. The predicted molar refractivity (Wildman–Crippen MR) is 112 cm³/mol. The Morgan fingerprint density at radius 2 is 1.77 bits per heavy atom. The van der Waals surface area contributed by atoms with E-state index < -0.39 is 53.8 Å². The van der Waals surface area contributed by atoms with E-state index in [2.05, 4.69) is 38.5 Å². The van der Waals surface area contributed by atoms with E-state index in [1.54, 1.807) is 0 Å². The van der Waals surface area contributed by atoms with Crippen molar-refractivity contribution < 1.29 is 29.1 Å². The van der Waals surface area contributed by atoms with Crippen molar-refractivity contribution in [2.45, 2.75) is 50.4 Å². The molecule has 0 bridgehead atoms. The summed E-state index contributed by atoms with van der Waals surface area (Å²) in [4.78, 5) is 65.9. The Morgan fingerprint density at radius 3 is 2.29 bits per heavy atom. The van der Waals surface area contributed by atoms with Gasteiger partial charge in [0.15, 0.2) is 0 Å². The van der Waals surface area contributed by atoms with Gasteiger partial charge in [0.25, 0.3) is 0 Å². The fraction of sp³-hybridized carbons (Fsp3) is 0.529. The number of nitrogens with zero attached hydrogens (tertiary/aromatic N) is 1. The van der Waals surface area contributed by atoms with Gasteiger partial charge >= 0.3 is 5.97 Å². The number of aromatic nitrogens is 2. The number of carbonyl (C=O) groups is 5. The van der Waals surface area contributed by atoms with E-state index in [9.17, 15) is 24.0 Å². The maximum Gasteiger partial charge on any atom is 0.327 e. The number of amides is 4. The summed E-state index contributed by atoms with van der Waals surface area (Å²) in [5, 5.41) is 16.1. The zero-order chi connectivity index (χ0) is 23.6. The summed E-state index contributed by atoms with van der Waals surface area (Å²) in [5.41, 5.74) is 11.5. The Bertz CT molecular complexity index is 788. The van der Waals surface area contributed by atoms with Gasteiger partial charge in [-0.25, -0.2) is 9.78 Å². The highest BCUT2D eigenvalue weighted by atomic mass is 32.1. The fourth-order valence-electron chi connectivity index (χ4n) is 2.42. The van der Waals surface area contributed by atoms with Crippen molar-refractivity contribution in [2.24, 2.45) is 11.5 Å². The second-order valence-electron chi connectivity index (χ2n) is 6.77. The standard InChI is InChI=1S/C17H27N7O6S/c1-8(22-15(27)10(18)4-9-5-20-7-21-9)14(26)23-11(2-3-13(19)25)16(28)24-12(6-31)17(29)30/h5,7-8,10-12,31H,2-4,6,18H2,1H3,(H2,19,25)(H,20,21)(H,22,27)(H,23,26)(H,24,28)(H,29,30). The van der Waals surface area contributed by atoms with E-state index in [4.69, 9.17) is 16.6 Å². The minimum absolute atomic E-state index is 0.161. The molecule has 1 rings (SSSR count). The summed E-state index contributed by atoms with van der Waals surface area (Å²) < 4.78 is 0. The first-order valence-electron chi connectivity index (χ1n) is 9.31. The number of nitrogens with one attached hydrogen (secondary N) is 4. The van der Waals surface area contributed by atoms with Gasteiger partial charge in [0, 0.05) is 30.5 Å². The Hall–Kier alpha value is -3.13.